The topological polar surface area (TPSA) is 0 Å². The summed E-state index contributed by atoms with van der Waals surface area (Å²) in [5.41, 5.74) is 31.1. The van der Waals surface area contributed by atoms with Crippen LogP contribution in [0.15, 0.2) is 364 Å². The maximum absolute atomic E-state index is 2.53. The first-order valence-electron chi connectivity index (χ1n) is 35.1. The Morgan fingerprint density at radius 3 is 0.730 bits per heavy atom. The Hall–Kier alpha value is -12.7. The van der Waals surface area contributed by atoms with Crippen molar-refractivity contribution in [3.8, 4) is 89.0 Å². The smallest absolute Gasteiger partial charge is 0.0619 e. The van der Waals surface area contributed by atoms with E-state index in [2.05, 4.69) is 364 Å². The molecule has 4 aliphatic carbocycles. The van der Waals surface area contributed by atoms with Crippen LogP contribution in [0.3, 0.4) is 0 Å². The molecule has 460 valence electrons. The summed E-state index contributed by atoms with van der Waals surface area (Å²) in [4.78, 5) is 0. The Labute approximate surface area is 580 Å². The molecule has 0 fully saturated rings. The first-order valence-corrected chi connectivity index (χ1v) is 35.1. The maximum Gasteiger partial charge on any atom is 0.0725 e. The van der Waals surface area contributed by atoms with E-state index in [9.17, 15) is 0 Å². The van der Waals surface area contributed by atoms with Crippen LogP contribution in [0.2, 0.25) is 0 Å². The lowest BCUT2D eigenvalue weighted by Crippen LogP contribution is -2.25. The molecule has 0 nitrogen and oxygen atoms in total. The van der Waals surface area contributed by atoms with Crippen LogP contribution in [0, 0.1) is 0 Å². The second-order valence-corrected chi connectivity index (χ2v) is 27.8. The highest BCUT2D eigenvalue weighted by molar-refractivity contribution is 6.28. The molecule has 0 heteroatoms. The molecule has 0 atom stereocenters. The predicted octanol–water partition coefficient (Wildman–Crippen LogP) is 26.2. The molecule has 0 amide bonds. The Kier molecular flexibility index (Phi) is 11.6. The minimum atomic E-state index is -0.383. The monoisotopic (exact) mass is 1260 g/mol. The molecular formula is C100H60. The van der Waals surface area contributed by atoms with Crippen LogP contribution in [0.5, 0.6) is 0 Å². The fourth-order valence-electron chi connectivity index (χ4n) is 19.4. The molecule has 4 aliphatic rings. The molecule has 0 unspecified atom stereocenters. The number of hydrogen-bond donors (Lipinski definition) is 0. The van der Waals surface area contributed by atoms with Crippen molar-refractivity contribution in [2.45, 2.75) is 10.8 Å². The van der Waals surface area contributed by atoms with Crippen molar-refractivity contribution in [1.82, 2.24) is 0 Å². The largest absolute Gasteiger partial charge is 0.0725 e. The molecule has 100 heavy (non-hydrogen) atoms. The first kappa shape index (κ1) is 55.4. The van der Waals surface area contributed by atoms with Crippen molar-refractivity contribution in [1.29, 1.82) is 0 Å². The fourth-order valence-corrected chi connectivity index (χ4v) is 19.4. The predicted molar refractivity (Wildman–Crippen MR) is 421 cm³/mol. The molecule has 0 radical (unpaired) electrons. The van der Waals surface area contributed by atoms with Crippen LogP contribution in [0.4, 0.5) is 0 Å². The summed E-state index contributed by atoms with van der Waals surface area (Å²) in [5.74, 6) is 0. The molecule has 19 aromatic rings. The molecule has 0 N–H and O–H groups in total. The Morgan fingerprint density at radius 1 is 0.140 bits per heavy atom. The van der Waals surface area contributed by atoms with Gasteiger partial charge in [-0.1, -0.05) is 352 Å². The maximum atomic E-state index is 2.53. The summed E-state index contributed by atoms with van der Waals surface area (Å²) in [6.07, 6.45) is 0. The molecule has 0 saturated heterocycles. The van der Waals surface area contributed by atoms with Gasteiger partial charge < -0.3 is 0 Å². The second-order valence-electron chi connectivity index (χ2n) is 27.8. The molecule has 23 rings (SSSR count). The average molecular weight is 1260 g/mol. The van der Waals surface area contributed by atoms with Crippen molar-refractivity contribution in [2.24, 2.45) is 0 Å². The summed E-state index contributed by atoms with van der Waals surface area (Å²) in [7, 11) is 0. The normalized spacial score (nSPS) is 13.6. The van der Waals surface area contributed by atoms with E-state index in [0.29, 0.717) is 0 Å². The molecule has 0 heterocycles. The lowest BCUT2D eigenvalue weighted by atomic mass is 9.70. The Balaban J connectivity index is 0.000000157. The van der Waals surface area contributed by atoms with Crippen molar-refractivity contribution >= 4 is 75.4 Å². The van der Waals surface area contributed by atoms with E-state index in [-0.39, 0.29) is 10.8 Å². The average Bonchev–Trinajstić information content (AvgIpc) is 1.51. The van der Waals surface area contributed by atoms with Crippen molar-refractivity contribution in [2.75, 3.05) is 0 Å². The third-order valence-electron chi connectivity index (χ3n) is 23.3. The van der Waals surface area contributed by atoms with Gasteiger partial charge >= 0.3 is 0 Å². The molecule has 0 bridgehead atoms. The molecule has 2 spiro atoms. The van der Waals surface area contributed by atoms with E-state index in [1.54, 1.807) is 0 Å². The van der Waals surface area contributed by atoms with Gasteiger partial charge in [-0.25, -0.2) is 0 Å². The van der Waals surface area contributed by atoms with Crippen LogP contribution in [0.1, 0.15) is 44.5 Å². The molecule has 0 aliphatic heterocycles. The van der Waals surface area contributed by atoms with Crippen LogP contribution < -0.4 is 0 Å². The van der Waals surface area contributed by atoms with Gasteiger partial charge in [-0.3, -0.25) is 0 Å². The summed E-state index contributed by atoms with van der Waals surface area (Å²) in [6, 6.07) is 137. The van der Waals surface area contributed by atoms with Gasteiger partial charge in [-0.2, -0.15) is 0 Å². The third kappa shape index (κ3) is 7.34. The van der Waals surface area contributed by atoms with Crippen molar-refractivity contribution in [3.63, 3.8) is 0 Å². The van der Waals surface area contributed by atoms with Crippen LogP contribution in [0.25, 0.3) is 164 Å². The van der Waals surface area contributed by atoms with Gasteiger partial charge in [0.05, 0.1) is 10.8 Å². The van der Waals surface area contributed by atoms with E-state index in [0.717, 1.165) is 0 Å². The van der Waals surface area contributed by atoms with Gasteiger partial charge in [0.2, 0.25) is 0 Å². The zero-order valence-corrected chi connectivity index (χ0v) is 54.6. The van der Waals surface area contributed by atoms with Crippen molar-refractivity contribution < 1.29 is 0 Å². The Morgan fingerprint density at radius 2 is 0.390 bits per heavy atom. The standard InChI is InChI=1S/C66H38.C34H22/c1-7-19-55-45(13-1)46-14-2-8-20-56(46)65(55)59-23-11-5-17-49(59)51-33-29-41(37-61(51)65)43-31-25-39-28-36-54-44(32-26-40-27-35-53(43)63(39)64(40)54)42-30-34-52-50-18-6-12-24-60(50)66(62(52)38-42)57-21-9-3-15-47(57)48-16-4-10-22-58(48)66;1-3-15-25-23(11-1)13-9-21-27(25)33-29-17-5-7-19-31(29)34(32-20-8-6-18-30(32)33)28-22-10-14-24-12-2-4-16-26(24)28/h1-38H;1-22H. The van der Waals surface area contributed by atoms with Gasteiger partial charge in [0.1, 0.15) is 0 Å². The highest BCUT2D eigenvalue weighted by Crippen LogP contribution is 2.65. The van der Waals surface area contributed by atoms with Gasteiger partial charge in [-0.05, 0) is 221 Å². The summed E-state index contributed by atoms with van der Waals surface area (Å²) in [5, 5.41) is 18.1. The van der Waals surface area contributed by atoms with Gasteiger partial charge in [0, 0.05) is 0 Å². The number of hydrogen-bond acceptors (Lipinski definition) is 0. The van der Waals surface area contributed by atoms with Crippen LogP contribution in [-0.2, 0) is 10.8 Å². The van der Waals surface area contributed by atoms with Gasteiger partial charge in [0.15, 0.2) is 0 Å². The summed E-state index contributed by atoms with van der Waals surface area (Å²) in [6.45, 7) is 0. The van der Waals surface area contributed by atoms with E-state index < -0.39 is 0 Å². The lowest BCUT2D eigenvalue weighted by molar-refractivity contribution is 0.794. The second kappa shape index (κ2) is 20.9. The first-order chi connectivity index (χ1) is 49.6. The van der Waals surface area contributed by atoms with E-state index >= 15 is 0 Å². The summed E-state index contributed by atoms with van der Waals surface area (Å²) < 4.78 is 0. The van der Waals surface area contributed by atoms with E-state index in [1.165, 1.54) is 209 Å². The van der Waals surface area contributed by atoms with Crippen molar-refractivity contribution in [3.05, 3.63) is 408 Å². The summed E-state index contributed by atoms with van der Waals surface area (Å²) >= 11 is 0. The van der Waals surface area contributed by atoms with E-state index in [1.807, 2.05) is 0 Å². The minimum Gasteiger partial charge on any atom is -0.0619 e. The molecular weight excluding hydrogens is 1200 g/mol. The van der Waals surface area contributed by atoms with E-state index in [4.69, 9.17) is 0 Å². The fraction of sp³-hybridized carbons (Fsp3) is 0.0200. The molecule has 0 aromatic heterocycles. The molecule has 0 saturated carbocycles. The zero-order valence-electron chi connectivity index (χ0n) is 54.6. The highest BCUT2D eigenvalue weighted by Gasteiger charge is 2.53. The number of rotatable bonds is 4. The third-order valence-corrected chi connectivity index (χ3v) is 23.3. The molecule has 19 aromatic carbocycles. The highest BCUT2D eigenvalue weighted by atomic mass is 14.5. The SMILES string of the molecule is c1ccc2c(-c3c4ccccc4c(-c4cccc5ccccc45)c4ccccc34)cccc2c1.c1ccc2c(c1)-c1ccccc1C21c2ccccc2-c2ccc(-c3ccc4ccc5c(-c6ccc7c(c6)C6(c8ccccc8-c8ccccc86)c6ccccc6-7)ccc6ccc3c4c65)cc21. The zero-order chi connectivity index (χ0) is 65.4. The van der Waals surface area contributed by atoms with Crippen LogP contribution in [-0.4, -0.2) is 0 Å². The number of benzene rings is 19. The van der Waals surface area contributed by atoms with Gasteiger partial charge in [-0.15, -0.1) is 0 Å². The quantitative estimate of drug-likeness (QED) is 0.122. The van der Waals surface area contributed by atoms with Crippen LogP contribution >= 0.6 is 0 Å². The Bertz CT molecular complexity index is 6130. The lowest BCUT2D eigenvalue weighted by Gasteiger charge is -2.30. The minimum absolute atomic E-state index is 0.383. The number of fused-ring (bicyclic) bond motifs is 24. The van der Waals surface area contributed by atoms with Gasteiger partial charge in [0.25, 0.3) is 0 Å².